The van der Waals surface area contributed by atoms with E-state index in [-0.39, 0.29) is 16.7 Å². The van der Waals surface area contributed by atoms with E-state index in [0.29, 0.717) is 23.5 Å². The molecule has 7 heteroatoms. The number of rotatable bonds is 7. The Hall–Kier alpha value is -2.64. The number of carbonyl (C=O) groups excluding carboxylic acids is 1. The summed E-state index contributed by atoms with van der Waals surface area (Å²) in [6.07, 6.45) is 5.43. The number of nitrogens with zero attached hydrogens (tertiary/aromatic N) is 3. The van der Waals surface area contributed by atoms with Gasteiger partial charge in [0.2, 0.25) is 5.91 Å². The molecule has 1 aromatic heterocycles. The molecule has 0 bridgehead atoms. The summed E-state index contributed by atoms with van der Waals surface area (Å²) in [7, 11) is 0. The number of piperidine rings is 1. The van der Waals surface area contributed by atoms with E-state index in [2.05, 4.69) is 0 Å². The first-order valence-corrected chi connectivity index (χ1v) is 12.9. The van der Waals surface area contributed by atoms with Gasteiger partial charge in [-0.25, -0.2) is 4.98 Å². The molecule has 2 fully saturated rings. The van der Waals surface area contributed by atoms with Gasteiger partial charge in [0.25, 0.3) is 5.56 Å². The molecule has 0 spiro atoms. The van der Waals surface area contributed by atoms with E-state index >= 15 is 0 Å². The SMILES string of the molecule is O=C1CCCN1CC(C[NH+]1CCCCC1)Sc1nc2ccccc2c(=O)n1-c1ccccc1. The number of amides is 1. The van der Waals surface area contributed by atoms with Gasteiger partial charge in [-0.1, -0.05) is 42.1 Å². The normalized spacial score (nSPS) is 18.2. The van der Waals surface area contributed by atoms with Gasteiger partial charge in [-0.15, -0.1) is 0 Å². The fourth-order valence-electron chi connectivity index (χ4n) is 5.01. The van der Waals surface area contributed by atoms with Gasteiger partial charge >= 0.3 is 0 Å². The van der Waals surface area contributed by atoms with Crippen LogP contribution in [-0.2, 0) is 4.79 Å². The van der Waals surface area contributed by atoms with Crippen LogP contribution >= 0.6 is 11.8 Å². The fraction of sp³-hybridized carbons (Fsp3) is 0.423. The van der Waals surface area contributed by atoms with Crippen LogP contribution in [0.5, 0.6) is 0 Å². The number of aromatic nitrogens is 2. The highest BCUT2D eigenvalue weighted by atomic mass is 32.2. The minimum atomic E-state index is -0.0457. The summed E-state index contributed by atoms with van der Waals surface area (Å²) in [5.41, 5.74) is 1.50. The van der Waals surface area contributed by atoms with Crippen molar-refractivity contribution in [3.05, 3.63) is 65.0 Å². The number of benzene rings is 2. The maximum absolute atomic E-state index is 13.6. The van der Waals surface area contributed by atoms with Crippen molar-refractivity contribution in [1.82, 2.24) is 14.5 Å². The minimum absolute atomic E-state index is 0.0457. The fourth-order valence-corrected chi connectivity index (χ4v) is 6.33. The number of para-hydroxylation sites is 2. The Kier molecular flexibility index (Phi) is 6.78. The molecule has 0 aliphatic carbocycles. The summed E-state index contributed by atoms with van der Waals surface area (Å²) in [4.78, 5) is 34.5. The van der Waals surface area contributed by atoms with Crippen LogP contribution in [0.15, 0.2) is 64.5 Å². The Morgan fingerprint density at radius 1 is 0.939 bits per heavy atom. The largest absolute Gasteiger partial charge is 0.341 e. The molecule has 2 aliphatic heterocycles. The lowest BCUT2D eigenvalue weighted by Gasteiger charge is -2.30. The second-order valence-corrected chi connectivity index (χ2v) is 10.4. The number of fused-ring (bicyclic) bond motifs is 1. The standard InChI is InChI=1S/C26H30N4O2S/c31-24-14-9-17-29(24)19-21(18-28-15-7-2-8-16-28)33-26-27-23-13-6-5-12-22(23)25(32)30(26)20-10-3-1-4-11-20/h1,3-6,10-13,21H,2,7-9,14-19H2/p+1. The van der Waals surface area contributed by atoms with Gasteiger partial charge in [-0.05, 0) is 49.9 Å². The van der Waals surface area contributed by atoms with Gasteiger partial charge < -0.3 is 9.80 Å². The maximum Gasteiger partial charge on any atom is 0.266 e. The molecule has 1 unspecified atom stereocenters. The number of quaternary nitrogens is 1. The highest BCUT2D eigenvalue weighted by Crippen LogP contribution is 2.26. The lowest BCUT2D eigenvalue weighted by Crippen LogP contribution is -3.13. The highest BCUT2D eigenvalue weighted by molar-refractivity contribution is 7.99. The third kappa shape index (κ3) is 4.99. The minimum Gasteiger partial charge on any atom is -0.341 e. The molecule has 172 valence electrons. The zero-order valence-corrected chi connectivity index (χ0v) is 19.7. The first kappa shape index (κ1) is 22.2. The zero-order valence-electron chi connectivity index (χ0n) is 18.9. The molecule has 3 aromatic rings. The molecular weight excluding hydrogens is 432 g/mol. The molecule has 2 saturated heterocycles. The maximum atomic E-state index is 13.6. The summed E-state index contributed by atoms with van der Waals surface area (Å²) in [6, 6.07) is 17.3. The van der Waals surface area contributed by atoms with Crippen LogP contribution in [0, 0.1) is 0 Å². The van der Waals surface area contributed by atoms with E-state index in [1.165, 1.54) is 32.4 Å². The molecule has 1 atom stereocenters. The molecule has 3 heterocycles. The third-order valence-corrected chi connectivity index (χ3v) is 7.84. The number of carbonyl (C=O) groups is 1. The Morgan fingerprint density at radius 3 is 2.45 bits per heavy atom. The number of likely N-dealkylation sites (tertiary alicyclic amines) is 2. The van der Waals surface area contributed by atoms with Gasteiger partial charge in [0, 0.05) is 19.5 Å². The van der Waals surface area contributed by atoms with Crippen molar-refractivity contribution in [2.24, 2.45) is 0 Å². The monoisotopic (exact) mass is 463 g/mol. The van der Waals surface area contributed by atoms with Crippen LogP contribution in [0.1, 0.15) is 32.1 Å². The Labute approximate surface area is 198 Å². The van der Waals surface area contributed by atoms with Crippen molar-refractivity contribution in [2.45, 2.75) is 42.5 Å². The van der Waals surface area contributed by atoms with Crippen LogP contribution in [0.25, 0.3) is 16.6 Å². The van der Waals surface area contributed by atoms with E-state index in [1.54, 1.807) is 21.2 Å². The predicted molar refractivity (Wildman–Crippen MR) is 132 cm³/mol. The first-order chi connectivity index (χ1) is 16.2. The van der Waals surface area contributed by atoms with E-state index in [4.69, 9.17) is 4.98 Å². The van der Waals surface area contributed by atoms with Gasteiger partial charge in [-0.3, -0.25) is 14.2 Å². The van der Waals surface area contributed by atoms with Crippen LogP contribution in [0.2, 0.25) is 0 Å². The van der Waals surface area contributed by atoms with Crippen LogP contribution in [0.4, 0.5) is 0 Å². The van der Waals surface area contributed by atoms with E-state index in [1.807, 2.05) is 59.5 Å². The second kappa shape index (κ2) is 10.1. The summed E-state index contributed by atoms with van der Waals surface area (Å²) in [6.45, 7) is 4.89. The van der Waals surface area contributed by atoms with Crippen molar-refractivity contribution >= 4 is 28.6 Å². The quantitative estimate of drug-likeness (QED) is 0.432. The number of hydrogen-bond acceptors (Lipinski definition) is 4. The van der Waals surface area contributed by atoms with Crippen molar-refractivity contribution in [3.63, 3.8) is 0 Å². The van der Waals surface area contributed by atoms with Crippen molar-refractivity contribution in [1.29, 1.82) is 0 Å². The van der Waals surface area contributed by atoms with E-state index < -0.39 is 0 Å². The second-order valence-electron chi connectivity index (χ2n) is 9.09. The van der Waals surface area contributed by atoms with Gasteiger partial charge in [0.15, 0.2) is 5.16 Å². The predicted octanol–water partition coefficient (Wildman–Crippen LogP) is 2.54. The lowest BCUT2D eigenvalue weighted by atomic mass is 10.1. The highest BCUT2D eigenvalue weighted by Gasteiger charge is 2.29. The average Bonchev–Trinajstić information content (AvgIpc) is 3.24. The molecule has 0 radical (unpaired) electrons. The number of thioether (sulfide) groups is 1. The lowest BCUT2D eigenvalue weighted by molar-refractivity contribution is -0.904. The zero-order chi connectivity index (χ0) is 22.6. The topological polar surface area (TPSA) is 59.6 Å². The molecule has 2 aliphatic rings. The Bertz CT molecular complexity index is 1170. The summed E-state index contributed by atoms with van der Waals surface area (Å²) in [5, 5.41) is 1.51. The molecule has 1 amide bonds. The molecule has 5 rings (SSSR count). The van der Waals surface area contributed by atoms with Crippen LogP contribution in [-0.4, -0.2) is 58.3 Å². The van der Waals surface area contributed by atoms with Gasteiger partial charge in [0.1, 0.15) is 0 Å². The first-order valence-electron chi connectivity index (χ1n) is 12.0. The van der Waals surface area contributed by atoms with Crippen molar-refractivity contribution in [3.8, 4) is 5.69 Å². The van der Waals surface area contributed by atoms with Gasteiger partial charge in [-0.2, -0.15) is 0 Å². The molecular formula is C26H31N4O2S+. The Morgan fingerprint density at radius 2 is 1.70 bits per heavy atom. The molecule has 2 aromatic carbocycles. The summed E-state index contributed by atoms with van der Waals surface area (Å²) >= 11 is 1.66. The van der Waals surface area contributed by atoms with E-state index in [9.17, 15) is 9.59 Å². The molecule has 1 N–H and O–H groups in total. The Balaban J connectivity index is 1.53. The molecule has 0 saturated carbocycles. The number of hydrogen-bond donors (Lipinski definition) is 1. The summed E-state index contributed by atoms with van der Waals surface area (Å²) in [5.74, 6) is 0.251. The average molecular weight is 464 g/mol. The van der Waals surface area contributed by atoms with Crippen LogP contribution in [0.3, 0.4) is 0 Å². The van der Waals surface area contributed by atoms with E-state index in [0.717, 1.165) is 30.7 Å². The molecule has 6 nitrogen and oxygen atoms in total. The number of nitrogens with one attached hydrogen (secondary N) is 1. The smallest absolute Gasteiger partial charge is 0.266 e. The summed E-state index contributed by atoms with van der Waals surface area (Å²) < 4.78 is 1.75. The third-order valence-electron chi connectivity index (χ3n) is 6.70. The van der Waals surface area contributed by atoms with Gasteiger partial charge in [0.05, 0.1) is 41.5 Å². The van der Waals surface area contributed by atoms with Crippen LogP contribution < -0.4 is 10.5 Å². The molecule has 33 heavy (non-hydrogen) atoms. The van der Waals surface area contributed by atoms with Crippen molar-refractivity contribution in [2.75, 3.05) is 32.7 Å². The van der Waals surface area contributed by atoms with Crippen molar-refractivity contribution < 1.29 is 9.69 Å².